The first-order valence-corrected chi connectivity index (χ1v) is 10.8. The molecule has 0 saturated heterocycles. The predicted octanol–water partition coefficient (Wildman–Crippen LogP) is 4.96. The monoisotopic (exact) mass is 478 g/mol. The summed E-state index contributed by atoms with van der Waals surface area (Å²) < 4.78 is 22.6. The Labute approximate surface area is 201 Å². The molecular formula is C25H24ClFN6O. The molecule has 0 aliphatic carbocycles. The highest BCUT2D eigenvalue weighted by Crippen LogP contribution is 2.28. The van der Waals surface area contributed by atoms with Crippen LogP contribution in [0.3, 0.4) is 0 Å². The molecule has 174 valence electrons. The number of methoxy groups -OCH3 is 1. The average Bonchev–Trinajstić information content (AvgIpc) is 3.23. The molecule has 0 bridgehead atoms. The van der Waals surface area contributed by atoms with Crippen LogP contribution in [0.4, 0.5) is 10.1 Å². The van der Waals surface area contributed by atoms with E-state index in [0.717, 1.165) is 22.6 Å². The summed E-state index contributed by atoms with van der Waals surface area (Å²) in [5.41, 5.74) is 5.20. The van der Waals surface area contributed by atoms with Crippen molar-refractivity contribution >= 4 is 17.3 Å². The first-order chi connectivity index (χ1) is 16.2. The molecule has 0 aliphatic heterocycles. The molecule has 0 radical (unpaired) electrons. The largest absolute Gasteiger partial charge is 0.494 e. The molecule has 0 aliphatic rings. The Bertz CT molecular complexity index is 1460. The van der Waals surface area contributed by atoms with Crippen molar-refractivity contribution in [2.75, 3.05) is 18.3 Å². The van der Waals surface area contributed by atoms with Crippen molar-refractivity contribution in [3.05, 3.63) is 101 Å². The van der Waals surface area contributed by atoms with Gasteiger partial charge in [0.1, 0.15) is 17.4 Å². The molecule has 2 heterocycles. The third kappa shape index (κ3) is 4.82. The average molecular weight is 479 g/mol. The molecular weight excluding hydrogens is 455 g/mol. The Morgan fingerprint density at radius 3 is 2.65 bits per heavy atom. The van der Waals surface area contributed by atoms with E-state index in [4.69, 9.17) is 22.2 Å². The summed E-state index contributed by atoms with van der Waals surface area (Å²) in [5.74, 6) is 6.73. The fourth-order valence-electron chi connectivity index (χ4n) is 3.59. The van der Waals surface area contributed by atoms with Gasteiger partial charge < -0.3 is 20.5 Å². The smallest absolute Gasteiger partial charge is 0.161 e. The van der Waals surface area contributed by atoms with E-state index in [9.17, 15) is 4.39 Å². The highest BCUT2D eigenvalue weighted by molar-refractivity contribution is 6.31. The fourth-order valence-corrected chi connectivity index (χ4v) is 3.77. The summed E-state index contributed by atoms with van der Waals surface area (Å²) in [6.45, 7) is 7.86. The van der Waals surface area contributed by atoms with Gasteiger partial charge >= 0.3 is 0 Å². The summed E-state index contributed by atoms with van der Waals surface area (Å²) >= 11 is 6.00. The Hall–Kier alpha value is -4.04. The number of benzene rings is 2. The molecule has 4 rings (SSSR count). The van der Waals surface area contributed by atoms with Crippen molar-refractivity contribution in [1.29, 1.82) is 0 Å². The first kappa shape index (κ1) is 23.1. The molecule has 0 saturated carbocycles. The Balaban J connectivity index is 1.69. The van der Waals surface area contributed by atoms with Crippen molar-refractivity contribution in [3.63, 3.8) is 0 Å². The normalized spacial score (nSPS) is 11.5. The molecule has 0 spiro atoms. The second-order valence-electron chi connectivity index (χ2n) is 7.78. The number of nitrogens with two attached hydrogens (primary N) is 1. The number of nitrogens with one attached hydrogen (secondary N) is 1. The molecule has 2 aromatic carbocycles. The number of pyridine rings is 1. The minimum atomic E-state index is -0.494. The van der Waals surface area contributed by atoms with Gasteiger partial charge in [-0.2, -0.15) is 0 Å². The van der Waals surface area contributed by atoms with Gasteiger partial charge in [-0.3, -0.25) is 4.68 Å². The summed E-state index contributed by atoms with van der Waals surface area (Å²) in [7, 11) is 1.61. The summed E-state index contributed by atoms with van der Waals surface area (Å²) in [5, 5.41) is 3.19. The van der Waals surface area contributed by atoms with Gasteiger partial charge in [-0.05, 0) is 55.3 Å². The lowest BCUT2D eigenvalue weighted by Gasteiger charge is -2.13. The van der Waals surface area contributed by atoms with E-state index >= 15 is 0 Å². The zero-order chi connectivity index (χ0) is 24.4. The topological polar surface area (TPSA) is 82.4 Å². The second kappa shape index (κ2) is 9.44. The van der Waals surface area contributed by atoms with Gasteiger partial charge in [0.05, 0.1) is 29.8 Å². The summed E-state index contributed by atoms with van der Waals surface area (Å²) in [4.78, 5) is 8.87. The van der Waals surface area contributed by atoms with E-state index < -0.39 is 5.82 Å². The number of anilines is 1. The number of hydrogen-bond donors (Lipinski definition) is 2. The molecule has 3 N–H and O–H groups in total. The zero-order valence-corrected chi connectivity index (χ0v) is 19.8. The lowest BCUT2D eigenvalue weighted by Crippen LogP contribution is -2.30. The molecule has 0 atom stereocenters. The number of halogens is 2. The highest BCUT2D eigenvalue weighted by atomic mass is 35.5. The predicted molar refractivity (Wildman–Crippen MR) is 133 cm³/mol. The first-order valence-electron chi connectivity index (χ1n) is 10.4. The number of hydrogen-bond acceptors (Lipinski definition) is 5. The molecule has 7 nitrogen and oxygen atoms in total. The minimum absolute atomic E-state index is 0.0192. The zero-order valence-electron chi connectivity index (χ0n) is 19.0. The van der Waals surface area contributed by atoms with E-state index in [1.54, 1.807) is 31.8 Å². The number of nitrogens with zero attached hydrogens (tertiary/aromatic N) is 4. The molecule has 4 aromatic rings. The van der Waals surface area contributed by atoms with Crippen molar-refractivity contribution in [2.45, 2.75) is 13.8 Å². The molecule has 0 fully saturated rings. The van der Waals surface area contributed by atoms with Gasteiger partial charge in [-0.15, -0.1) is 0 Å². The Morgan fingerprint density at radius 2 is 1.97 bits per heavy atom. The Kier molecular flexibility index (Phi) is 6.43. The van der Waals surface area contributed by atoms with Crippen LogP contribution in [-0.4, -0.2) is 21.3 Å². The summed E-state index contributed by atoms with van der Waals surface area (Å²) in [6.07, 6.45) is 5.39. The SMILES string of the molecule is C=C(/N=c1/c(-c2ccc(F)c(Cl)c2)cc(C)cn1N)Nc1ccc(-n2cnc(C)c2)c(OC)c1. The standard InChI is InChI=1S/C25H24ClFN6O/c1-15-9-20(18-5-7-22(27)21(26)10-18)25(33(28)12-15)31-17(3)30-19-6-8-23(24(11-19)34-4)32-13-16(2)29-14-32/h5-14,30H,3,28H2,1-2,4H3/b31-25-. The van der Waals surface area contributed by atoms with Crippen molar-refractivity contribution in [1.82, 2.24) is 14.2 Å². The van der Waals surface area contributed by atoms with Crippen LogP contribution in [-0.2, 0) is 0 Å². The lowest BCUT2D eigenvalue weighted by molar-refractivity contribution is 0.413. The fraction of sp³-hybridized carbons (Fsp3) is 0.120. The third-order valence-corrected chi connectivity index (χ3v) is 5.42. The number of imidazole rings is 1. The molecule has 9 heteroatoms. The van der Waals surface area contributed by atoms with Gasteiger partial charge in [0.15, 0.2) is 5.49 Å². The van der Waals surface area contributed by atoms with Crippen LogP contribution in [0.2, 0.25) is 5.02 Å². The number of aryl methyl sites for hydroxylation is 2. The van der Waals surface area contributed by atoms with Crippen molar-refractivity contribution in [2.24, 2.45) is 4.99 Å². The highest BCUT2D eigenvalue weighted by Gasteiger charge is 2.10. The quantitative estimate of drug-likeness (QED) is 0.384. The van der Waals surface area contributed by atoms with Crippen LogP contribution in [0.1, 0.15) is 11.3 Å². The minimum Gasteiger partial charge on any atom is -0.494 e. The maximum Gasteiger partial charge on any atom is 0.161 e. The van der Waals surface area contributed by atoms with Crippen LogP contribution < -0.4 is 21.4 Å². The van der Waals surface area contributed by atoms with Crippen LogP contribution >= 0.6 is 11.6 Å². The molecule has 0 unspecified atom stereocenters. The number of rotatable bonds is 6. The van der Waals surface area contributed by atoms with E-state index in [1.807, 2.05) is 48.9 Å². The van der Waals surface area contributed by atoms with Crippen molar-refractivity contribution in [3.8, 4) is 22.6 Å². The van der Waals surface area contributed by atoms with E-state index in [2.05, 4.69) is 21.9 Å². The lowest BCUT2D eigenvalue weighted by atomic mass is 10.1. The van der Waals surface area contributed by atoms with Gasteiger partial charge in [-0.25, -0.2) is 14.4 Å². The van der Waals surface area contributed by atoms with Gasteiger partial charge in [0, 0.05) is 29.7 Å². The second-order valence-corrected chi connectivity index (χ2v) is 8.19. The van der Waals surface area contributed by atoms with Gasteiger partial charge in [0.2, 0.25) is 0 Å². The van der Waals surface area contributed by atoms with E-state index in [1.165, 1.54) is 10.7 Å². The number of aromatic nitrogens is 3. The van der Waals surface area contributed by atoms with Crippen LogP contribution in [0.5, 0.6) is 5.75 Å². The van der Waals surface area contributed by atoms with Crippen LogP contribution in [0, 0.1) is 19.7 Å². The molecule has 0 amide bonds. The maximum absolute atomic E-state index is 13.7. The van der Waals surface area contributed by atoms with Crippen molar-refractivity contribution < 1.29 is 9.13 Å². The third-order valence-electron chi connectivity index (χ3n) is 5.13. The Morgan fingerprint density at radius 1 is 1.18 bits per heavy atom. The number of ether oxygens (including phenoxy) is 1. The maximum atomic E-state index is 13.7. The summed E-state index contributed by atoms with van der Waals surface area (Å²) in [6, 6.07) is 12.0. The molecule has 34 heavy (non-hydrogen) atoms. The van der Waals surface area contributed by atoms with Crippen LogP contribution in [0.15, 0.2) is 78.6 Å². The van der Waals surface area contributed by atoms with E-state index in [0.29, 0.717) is 28.2 Å². The van der Waals surface area contributed by atoms with Gasteiger partial charge in [-0.1, -0.05) is 24.2 Å². The number of nitrogen functional groups attached to an aromatic ring is 1. The van der Waals surface area contributed by atoms with E-state index in [-0.39, 0.29) is 5.02 Å². The molecule has 2 aromatic heterocycles. The van der Waals surface area contributed by atoms with Crippen LogP contribution in [0.25, 0.3) is 16.8 Å². The van der Waals surface area contributed by atoms with Gasteiger partial charge in [0.25, 0.3) is 0 Å².